The summed E-state index contributed by atoms with van der Waals surface area (Å²) in [7, 11) is 0. The van der Waals surface area contributed by atoms with Crippen LogP contribution in [0.5, 0.6) is 0 Å². The molecule has 0 saturated heterocycles. The normalized spacial score (nSPS) is 1.00. The zero-order valence-corrected chi connectivity index (χ0v) is 10.2. The molecule has 1 nitrogen and oxygen atoms in total. The zero-order valence-electron chi connectivity index (χ0n) is 1.99. The van der Waals surface area contributed by atoms with Crippen molar-refractivity contribution in [1.29, 1.82) is 0 Å². The van der Waals surface area contributed by atoms with Gasteiger partial charge in [0.05, 0.1) is 0 Å². The molecule has 0 aromatic heterocycles. The van der Waals surface area contributed by atoms with Crippen LogP contribution in [0.15, 0.2) is 0 Å². The first-order valence-corrected chi connectivity index (χ1v) is 1.37. The minimum atomic E-state index is 0. The van der Waals surface area contributed by atoms with Crippen molar-refractivity contribution in [1.82, 2.24) is 0 Å². The standard InChI is InChI=1S/Ge.In.O.Sn. The van der Waals surface area contributed by atoms with Crippen molar-refractivity contribution in [3.05, 3.63) is 0 Å². The Bertz CT molecular complexity index is 8.00. The Hall–Kier alpha value is 2.01. The van der Waals surface area contributed by atoms with Gasteiger partial charge in [0.25, 0.3) is 0 Å². The van der Waals surface area contributed by atoms with Gasteiger partial charge >= 0.3 is 25.6 Å². The molecule has 0 heterocycles. The van der Waals surface area contributed by atoms with Crippen molar-refractivity contribution in [2.75, 3.05) is 0 Å². The molecule has 9 radical (unpaired) electrons. The number of hydrogen-bond acceptors (Lipinski definition) is 1. The van der Waals surface area contributed by atoms with Gasteiger partial charge < -0.3 is 0 Å². The van der Waals surface area contributed by atoms with Crippen molar-refractivity contribution in [3.8, 4) is 0 Å². The Balaban J connectivity index is -0.00000000500. The van der Waals surface area contributed by atoms with Gasteiger partial charge in [-0.3, -0.25) is 0 Å². The van der Waals surface area contributed by atoms with E-state index in [2.05, 4.69) is 0 Å². The molecule has 0 unspecified atom stereocenters. The molecule has 0 fully saturated rings. The van der Waals surface area contributed by atoms with E-state index in [9.17, 15) is 0 Å². The van der Waals surface area contributed by atoms with Gasteiger partial charge in [0, 0.05) is 43.4 Å². The third-order valence-electron chi connectivity index (χ3n) is 0. The van der Waals surface area contributed by atoms with Crippen LogP contribution >= 0.6 is 0 Å². The molecule has 4 heavy (non-hydrogen) atoms. The maximum atomic E-state index is 8.34. The molecule has 17 valence electrons. The summed E-state index contributed by atoms with van der Waals surface area (Å²) in [5.74, 6) is 0. The second-order valence-corrected chi connectivity index (χ2v) is 0. The molecule has 0 spiro atoms. The van der Waals surface area contributed by atoms with Crippen molar-refractivity contribution in [2.45, 2.75) is 0 Å². The van der Waals surface area contributed by atoms with E-state index in [-0.39, 0.29) is 43.4 Å². The van der Waals surface area contributed by atoms with Gasteiger partial charge in [0.2, 0.25) is 0 Å². The summed E-state index contributed by atoms with van der Waals surface area (Å²) in [6.45, 7) is 0. The fourth-order valence-electron chi connectivity index (χ4n) is 0. The molecule has 0 aromatic rings. The van der Waals surface area contributed by atoms with Crippen LogP contribution in [-0.2, 0) is 3.08 Å². The Morgan fingerprint density at radius 2 is 1.25 bits per heavy atom. The van der Waals surface area contributed by atoms with Crippen molar-refractivity contribution < 1.29 is 3.08 Å². The Morgan fingerprint density at radius 1 is 1.25 bits per heavy atom. The zero-order chi connectivity index (χ0) is 2.00. The van der Waals surface area contributed by atoms with Crippen molar-refractivity contribution >= 4 is 66.0 Å². The van der Waals surface area contributed by atoms with Gasteiger partial charge in [-0.2, -0.15) is 0 Å². The number of hydrogen-bond donors (Lipinski definition) is 0. The first-order valence-electron chi connectivity index (χ1n) is 0.204. The van der Waals surface area contributed by atoms with Gasteiger partial charge in [0.1, 0.15) is 0 Å². The summed E-state index contributed by atoms with van der Waals surface area (Å²) in [6.07, 6.45) is 0. The van der Waals surface area contributed by atoms with Crippen molar-refractivity contribution in [2.24, 2.45) is 0 Å². The van der Waals surface area contributed by atoms with Crippen LogP contribution in [0, 0.1) is 0 Å². The predicted octanol–water partition coefficient (Wildman–Crippen LogP) is -1.26. The Kier molecular flexibility index (Phi) is 82.9. The van der Waals surface area contributed by atoms with Crippen LogP contribution in [0.2, 0.25) is 0 Å². The third-order valence-corrected chi connectivity index (χ3v) is 0. The molecule has 0 aromatic carbocycles. The molecule has 0 bridgehead atoms. The molecule has 0 N–H and O–H groups in total. The summed E-state index contributed by atoms with van der Waals surface area (Å²) < 4.78 is 8.34. The van der Waals surface area contributed by atoms with E-state index < -0.39 is 0 Å². The molecule has 0 saturated carbocycles. The molecule has 0 aliphatic heterocycles. The summed E-state index contributed by atoms with van der Waals surface area (Å²) in [5, 5.41) is 0. The van der Waals surface area contributed by atoms with Gasteiger partial charge in [-0.25, -0.2) is 0 Å². The van der Waals surface area contributed by atoms with E-state index in [0.29, 0.717) is 22.5 Å². The van der Waals surface area contributed by atoms with Gasteiger partial charge in [-0.1, -0.05) is 0 Å². The van der Waals surface area contributed by atoms with Crippen LogP contribution in [0.3, 0.4) is 0 Å². The fraction of sp³-hybridized carbons (Fsp3) is 0. The van der Waals surface area contributed by atoms with Gasteiger partial charge in [0.15, 0.2) is 0 Å². The van der Waals surface area contributed by atoms with E-state index >= 15 is 0 Å². The van der Waals surface area contributed by atoms with E-state index in [0.717, 1.165) is 0 Å². The maximum absolute atomic E-state index is 8.34. The van der Waals surface area contributed by atoms with Crippen LogP contribution < -0.4 is 0 Å². The summed E-state index contributed by atoms with van der Waals surface area (Å²) in [5.41, 5.74) is 0. The SMILES string of the molecule is [Ge].[In].[O]=[Sn]. The molecule has 0 aliphatic carbocycles. The van der Waals surface area contributed by atoms with E-state index in [1.165, 1.54) is 0 Å². The quantitative estimate of drug-likeness (QED) is 0.509. The molecule has 0 rings (SSSR count). The van der Waals surface area contributed by atoms with E-state index in [1.807, 2.05) is 0 Å². The summed E-state index contributed by atoms with van der Waals surface area (Å²) >= 11 is 0.300. The molecular formula is GeInOSn. The van der Waals surface area contributed by atoms with E-state index in [1.54, 1.807) is 0 Å². The molecule has 4 heteroatoms. The third kappa shape index (κ3) is 8.99. The minimum absolute atomic E-state index is 0. The number of rotatable bonds is 0. The van der Waals surface area contributed by atoms with E-state index in [4.69, 9.17) is 3.08 Å². The topological polar surface area (TPSA) is 17.1 Å². The molecule has 0 atom stereocenters. The van der Waals surface area contributed by atoms with Crippen molar-refractivity contribution in [3.63, 3.8) is 0 Å². The van der Waals surface area contributed by atoms with Crippen LogP contribution in [-0.4, -0.2) is 66.0 Å². The Labute approximate surface area is 68.1 Å². The predicted molar refractivity (Wildman–Crippen MR) is 17.9 cm³/mol. The first kappa shape index (κ1) is 16.6. The van der Waals surface area contributed by atoms with Gasteiger partial charge in [-0.15, -0.1) is 0 Å². The molecular weight excluding hydrogens is 322 g/mol. The molecule has 0 aliphatic rings. The average Bonchev–Trinajstić information content (AvgIpc) is 1.00. The van der Waals surface area contributed by atoms with Crippen LogP contribution in [0.25, 0.3) is 0 Å². The molecule has 0 amide bonds. The first-order chi connectivity index (χ1) is 1.00. The van der Waals surface area contributed by atoms with Crippen LogP contribution in [0.1, 0.15) is 0 Å². The second kappa shape index (κ2) is 19.9. The fourth-order valence-corrected chi connectivity index (χ4v) is 0. The summed E-state index contributed by atoms with van der Waals surface area (Å²) in [6, 6.07) is 0. The monoisotopic (exact) mass is 325 g/mol. The van der Waals surface area contributed by atoms with Crippen LogP contribution in [0.4, 0.5) is 0 Å². The van der Waals surface area contributed by atoms with Gasteiger partial charge in [-0.05, 0) is 0 Å². The Morgan fingerprint density at radius 3 is 1.25 bits per heavy atom. The second-order valence-electron chi connectivity index (χ2n) is 0. The summed E-state index contributed by atoms with van der Waals surface area (Å²) in [4.78, 5) is 0. The average molecular weight is 322 g/mol.